The Morgan fingerprint density at radius 1 is 1.18 bits per heavy atom. The highest BCUT2D eigenvalue weighted by Gasteiger charge is 2.27. The second-order valence-corrected chi connectivity index (χ2v) is 10.7. The molecule has 0 atom stereocenters. The predicted molar refractivity (Wildman–Crippen MR) is 137 cm³/mol. The van der Waals surface area contributed by atoms with Gasteiger partial charge in [-0.2, -0.15) is 0 Å². The molecule has 7 nitrogen and oxygen atoms in total. The van der Waals surface area contributed by atoms with Crippen molar-refractivity contribution in [1.29, 1.82) is 0 Å². The van der Waals surface area contributed by atoms with Gasteiger partial charge in [0.25, 0.3) is 0 Å². The highest BCUT2D eigenvalue weighted by molar-refractivity contribution is 7.99. The van der Waals surface area contributed by atoms with Crippen LogP contribution in [-0.2, 0) is 29.4 Å². The average Bonchev–Trinajstić information content (AvgIpc) is 3.37. The Hall–Kier alpha value is -2.65. The zero-order chi connectivity index (χ0) is 24.2. The molecule has 180 valence electrons. The van der Waals surface area contributed by atoms with Crippen LogP contribution in [0.1, 0.15) is 65.9 Å². The van der Waals surface area contributed by atoms with Crippen molar-refractivity contribution in [3.8, 4) is 11.4 Å². The maximum atomic E-state index is 12.8. The van der Waals surface area contributed by atoms with Gasteiger partial charge in [-0.05, 0) is 49.7 Å². The van der Waals surface area contributed by atoms with Crippen molar-refractivity contribution in [3.05, 3.63) is 45.8 Å². The second kappa shape index (κ2) is 10.7. The normalized spacial score (nSPS) is 13.1. The number of aromatic nitrogens is 3. The molecule has 0 saturated heterocycles. The summed E-state index contributed by atoms with van der Waals surface area (Å²) in [6, 6.07) is 8.32. The van der Waals surface area contributed by atoms with E-state index in [1.807, 2.05) is 11.6 Å². The number of fused-ring (bicyclic) bond motifs is 1. The lowest BCUT2D eigenvalue weighted by molar-refractivity contribution is -0.113. The topological polar surface area (TPSA) is 86.1 Å². The van der Waals surface area contributed by atoms with E-state index in [0.717, 1.165) is 42.6 Å². The second-order valence-electron chi connectivity index (χ2n) is 8.61. The molecule has 4 rings (SSSR count). The van der Waals surface area contributed by atoms with Crippen LogP contribution in [0, 0.1) is 0 Å². The molecule has 2 aromatic heterocycles. The summed E-state index contributed by atoms with van der Waals surface area (Å²) in [5.74, 6) is 0.861. The Morgan fingerprint density at radius 2 is 1.91 bits per heavy atom. The monoisotopic (exact) mass is 498 g/mol. The number of thioether (sulfide) groups is 1. The molecule has 1 amide bonds. The first kappa shape index (κ1) is 24.5. The van der Waals surface area contributed by atoms with E-state index in [-0.39, 0.29) is 17.6 Å². The van der Waals surface area contributed by atoms with Gasteiger partial charge in [0, 0.05) is 17.5 Å². The summed E-state index contributed by atoms with van der Waals surface area (Å²) in [6.07, 6.45) is 3.95. The lowest BCUT2D eigenvalue weighted by Gasteiger charge is -2.12. The van der Waals surface area contributed by atoms with Crippen molar-refractivity contribution in [1.82, 2.24) is 14.8 Å². The Balaban J connectivity index is 1.44. The fourth-order valence-corrected chi connectivity index (χ4v) is 6.08. The van der Waals surface area contributed by atoms with Crippen LogP contribution in [0.2, 0.25) is 0 Å². The molecule has 0 spiro atoms. The van der Waals surface area contributed by atoms with Crippen molar-refractivity contribution in [2.24, 2.45) is 7.05 Å². The maximum Gasteiger partial charge on any atom is 0.341 e. The Bertz CT molecular complexity index is 1180. The van der Waals surface area contributed by atoms with Gasteiger partial charge >= 0.3 is 5.97 Å². The lowest BCUT2D eigenvalue weighted by atomic mass is 9.95. The van der Waals surface area contributed by atoms with Gasteiger partial charge in [-0.1, -0.05) is 49.9 Å². The van der Waals surface area contributed by atoms with E-state index in [4.69, 9.17) is 4.74 Å². The number of hydrogen-bond donors (Lipinski definition) is 1. The van der Waals surface area contributed by atoms with E-state index >= 15 is 0 Å². The summed E-state index contributed by atoms with van der Waals surface area (Å²) in [4.78, 5) is 26.6. The summed E-state index contributed by atoms with van der Waals surface area (Å²) in [5, 5.41) is 12.8. The number of esters is 1. The first-order valence-electron chi connectivity index (χ1n) is 11.6. The number of nitrogens with one attached hydrogen (secondary N) is 1. The molecule has 0 fully saturated rings. The number of aryl methyl sites for hydroxylation is 1. The number of ether oxygens (including phenoxy) is 1. The highest BCUT2D eigenvalue weighted by Crippen LogP contribution is 2.38. The van der Waals surface area contributed by atoms with E-state index in [1.54, 1.807) is 6.92 Å². The smallest absolute Gasteiger partial charge is 0.341 e. The molecule has 0 radical (unpaired) electrons. The van der Waals surface area contributed by atoms with Gasteiger partial charge in [0.1, 0.15) is 5.00 Å². The van der Waals surface area contributed by atoms with Crippen LogP contribution in [-0.4, -0.2) is 39.0 Å². The van der Waals surface area contributed by atoms with Crippen LogP contribution < -0.4 is 5.32 Å². The number of benzene rings is 1. The largest absolute Gasteiger partial charge is 0.462 e. The van der Waals surface area contributed by atoms with Crippen LogP contribution >= 0.6 is 23.1 Å². The average molecular weight is 499 g/mol. The minimum absolute atomic E-state index is 0.170. The molecule has 2 heterocycles. The molecule has 0 aliphatic heterocycles. The summed E-state index contributed by atoms with van der Waals surface area (Å²) < 4.78 is 7.17. The molecule has 1 aliphatic carbocycles. The van der Waals surface area contributed by atoms with Crippen molar-refractivity contribution in [2.75, 3.05) is 17.7 Å². The van der Waals surface area contributed by atoms with Crippen LogP contribution in [0.15, 0.2) is 29.4 Å². The van der Waals surface area contributed by atoms with Gasteiger partial charge < -0.3 is 14.6 Å². The van der Waals surface area contributed by atoms with Crippen molar-refractivity contribution >= 4 is 40.0 Å². The molecule has 0 saturated carbocycles. The van der Waals surface area contributed by atoms with Gasteiger partial charge in [0.2, 0.25) is 5.91 Å². The molecule has 1 aliphatic rings. The fourth-order valence-electron chi connectivity index (χ4n) is 4.08. The van der Waals surface area contributed by atoms with Gasteiger partial charge in [0.05, 0.1) is 17.9 Å². The van der Waals surface area contributed by atoms with Crippen molar-refractivity contribution in [3.63, 3.8) is 0 Å². The van der Waals surface area contributed by atoms with Crippen LogP contribution in [0.5, 0.6) is 0 Å². The molecule has 1 N–H and O–H groups in total. The zero-order valence-electron chi connectivity index (χ0n) is 20.0. The van der Waals surface area contributed by atoms with E-state index in [2.05, 4.69) is 53.6 Å². The predicted octanol–water partition coefficient (Wildman–Crippen LogP) is 5.45. The van der Waals surface area contributed by atoms with Crippen molar-refractivity contribution < 1.29 is 14.3 Å². The number of anilines is 1. The minimum atomic E-state index is -0.355. The maximum absolute atomic E-state index is 12.8. The Morgan fingerprint density at radius 3 is 2.62 bits per heavy atom. The molecule has 0 unspecified atom stereocenters. The van der Waals surface area contributed by atoms with Crippen molar-refractivity contribution in [2.45, 2.75) is 57.5 Å². The molecule has 3 aromatic rings. The van der Waals surface area contributed by atoms with E-state index in [0.29, 0.717) is 28.2 Å². The van der Waals surface area contributed by atoms with Crippen LogP contribution in [0.3, 0.4) is 0 Å². The third kappa shape index (κ3) is 5.20. The summed E-state index contributed by atoms with van der Waals surface area (Å²) in [5.41, 5.74) is 3.83. The molecule has 0 bridgehead atoms. The number of hydrogen-bond acceptors (Lipinski definition) is 7. The van der Waals surface area contributed by atoms with Crippen LogP contribution in [0.4, 0.5) is 5.00 Å². The van der Waals surface area contributed by atoms with E-state index in [9.17, 15) is 9.59 Å². The van der Waals surface area contributed by atoms with E-state index in [1.165, 1.54) is 33.5 Å². The van der Waals surface area contributed by atoms with Crippen LogP contribution in [0.25, 0.3) is 11.4 Å². The van der Waals surface area contributed by atoms with E-state index < -0.39 is 0 Å². The molecular formula is C25H30N4O3S2. The molecule has 34 heavy (non-hydrogen) atoms. The quantitative estimate of drug-likeness (QED) is 0.328. The third-order valence-electron chi connectivity index (χ3n) is 5.91. The zero-order valence-corrected chi connectivity index (χ0v) is 21.6. The summed E-state index contributed by atoms with van der Waals surface area (Å²) in [7, 11) is 1.90. The standard InChI is InChI=1S/C25H30N4O3S2/c1-5-32-24(31)21-18-8-6-7-9-19(18)34-23(21)26-20(30)14-33-25-28-27-22(29(25)4)17-12-10-16(11-13-17)15(2)3/h10-13,15H,5-9,14H2,1-4H3,(H,26,30). The molecule has 1 aromatic carbocycles. The Kier molecular flexibility index (Phi) is 7.73. The Labute approximate surface area is 208 Å². The number of amides is 1. The van der Waals surface area contributed by atoms with Gasteiger partial charge in [-0.15, -0.1) is 21.5 Å². The molecule has 9 heteroatoms. The minimum Gasteiger partial charge on any atom is -0.462 e. The first-order chi connectivity index (χ1) is 16.4. The summed E-state index contributed by atoms with van der Waals surface area (Å²) in [6.45, 7) is 6.43. The summed E-state index contributed by atoms with van der Waals surface area (Å²) >= 11 is 2.82. The first-order valence-corrected chi connectivity index (χ1v) is 13.4. The highest BCUT2D eigenvalue weighted by atomic mass is 32.2. The van der Waals surface area contributed by atoms with Gasteiger partial charge in [0.15, 0.2) is 11.0 Å². The molecular weight excluding hydrogens is 468 g/mol. The van der Waals surface area contributed by atoms with Gasteiger partial charge in [-0.25, -0.2) is 4.79 Å². The number of thiophene rings is 1. The van der Waals surface area contributed by atoms with Gasteiger partial charge in [-0.3, -0.25) is 4.79 Å². The number of nitrogens with zero attached hydrogens (tertiary/aromatic N) is 3. The third-order valence-corrected chi connectivity index (χ3v) is 8.13. The SMILES string of the molecule is CCOC(=O)c1c(NC(=O)CSc2nnc(-c3ccc(C(C)C)cc3)n2C)sc2c1CCCC2. The number of carbonyl (C=O) groups excluding carboxylic acids is 2. The fraction of sp³-hybridized carbons (Fsp3) is 0.440. The number of rotatable bonds is 8. The number of carbonyl (C=O) groups is 2. The lowest BCUT2D eigenvalue weighted by Crippen LogP contribution is -2.17.